The zero-order chi connectivity index (χ0) is 15.1. The van der Waals surface area contributed by atoms with Crippen LogP contribution in [0.4, 0.5) is 0 Å². The van der Waals surface area contributed by atoms with Crippen LogP contribution in [0, 0.1) is 0 Å². The zero-order valence-corrected chi connectivity index (χ0v) is 10.8. The molecule has 1 rings (SSSR count). The highest BCUT2D eigenvalue weighted by Crippen LogP contribution is 2.11. The highest BCUT2D eigenvalue weighted by molar-refractivity contribution is 5.88. The second-order valence-electron chi connectivity index (χ2n) is 4.09. The molecule has 0 saturated carbocycles. The number of carbonyl (C=O) groups is 3. The molecule has 1 aromatic rings. The van der Waals surface area contributed by atoms with Gasteiger partial charge in [0, 0.05) is 0 Å². The Bertz CT molecular complexity index is 513. The number of nitrogens with one attached hydrogen (secondary N) is 1. The molecule has 3 N–H and O–H groups in total. The van der Waals surface area contributed by atoms with Crippen molar-refractivity contribution in [2.45, 2.75) is 18.9 Å². The predicted octanol–water partition coefficient (Wildman–Crippen LogP) is 0.0672. The van der Waals surface area contributed by atoms with Gasteiger partial charge in [0.05, 0.1) is 20.0 Å². The Labute approximate surface area is 115 Å². The second kappa shape index (κ2) is 7.13. The van der Waals surface area contributed by atoms with Crippen molar-refractivity contribution < 1.29 is 29.3 Å². The standard InChI is InChI=1S/C13H15NO6/c1-20-12(17)7-10(13(18)19)14-11(16)6-8-3-2-4-9(15)5-8/h2-5,10,15H,6-7H2,1H3,(H,14,16)(H,18,19)/t10-/m0/s1. The Morgan fingerprint density at radius 3 is 2.60 bits per heavy atom. The van der Waals surface area contributed by atoms with Crippen LogP contribution in [0.15, 0.2) is 24.3 Å². The number of hydrogen-bond donors (Lipinski definition) is 3. The molecular weight excluding hydrogens is 266 g/mol. The number of phenols is 1. The molecule has 0 spiro atoms. The zero-order valence-electron chi connectivity index (χ0n) is 10.8. The fourth-order valence-corrected chi connectivity index (χ4v) is 1.55. The van der Waals surface area contributed by atoms with E-state index >= 15 is 0 Å². The van der Waals surface area contributed by atoms with Crippen LogP contribution in [0.5, 0.6) is 5.75 Å². The van der Waals surface area contributed by atoms with E-state index in [1.807, 2.05) is 0 Å². The third-order valence-electron chi connectivity index (χ3n) is 2.51. The van der Waals surface area contributed by atoms with Crippen molar-refractivity contribution in [2.75, 3.05) is 7.11 Å². The Morgan fingerprint density at radius 2 is 2.05 bits per heavy atom. The third kappa shape index (κ3) is 4.97. The first kappa shape index (κ1) is 15.5. The molecule has 0 aliphatic heterocycles. The van der Waals surface area contributed by atoms with E-state index < -0.39 is 30.3 Å². The van der Waals surface area contributed by atoms with Crippen molar-refractivity contribution in [1.82, 2.24) is 5.32 Å². The molecule has 0 aliphatic carbocycles. The van der Waals surface area contributed by atoms with Crippen molar-refractivity contribution in [1.29, 1.82) is 0 Å². The fraction of sp³-hybridized carbons (Fsp3) is 0.308. The van der Waals surface area contributed by atoms with Crippen molar-refractivity contribution >= 4 is 17.8 Å². The lowest BCUT2D eigenvalue weighted by Crippen LogP contribution is -2.43. The molecular formula is C13H15NO6. The van der Waals surface area contributed by atoms with Crippen LogP contribution >= 0.6 is 0 Å². The quantitative estimate of drug-likeness (QED) is 0.636. The average Bonchev–Trinajstić information content (AvgIpc) is 2.37. The molecule has 0 fully saturated rings. The van der Waals surface area contributed by atoms with Gasteiger partial charge in [-0.2, -0.15) is 0 Å². The lowest BCUT2D eigenvalue weighted by Gasteiger charge is -2.13. The van der Waals surface area contributed by atoms with Crippen molar-refractivity contribution in [3.8, 4) is 5.75 Å². The Morgan fingerprint density at radius 1 is 1.35 bits per heavy atom. The monoisotopic (exact) mass is 281 g/mol. The van der Waals surface area contributed by atoms with E-state index in [2.05, 4.69) is 10.1 Å². The number of rotatable bonds is 6. The Hall–Kier alpha value is -2.57. The highest BCUT2D eigenvalue weighted by Gasteiger charge is 2.23. The molecule has 0 heterocycles. The molecule has 0 bridgehead atoms. The number of hydrogen-bond acceptors (Lipinski definition) is 5. The molecule has 1 aromatic carbocycles. The number of phenolic OH excluding ortho intramolecular Hbond substituents is 1. The molecule has 0 saturated heterocycles. The van der Waals surface area contributed by atoms with Gasteiger partial charge in [0.2, 0.25) is 5.91 Å². The maximum Gasteiger partial charge on any atom is 0.326 e. The van der Waals surface area contributed by atoms with E-state index in [9.17, 15) is 19.5 Å². The first-order valence-corrected chi connectivity index (χ1v) is 5.79. The SMILES string of the molecule is COC(=O)C[C@H](NC(=O)Cc1cccc(O)c1)C(=O)O. The summed E-state index contributed by atoms with van der Waals surface area (Å²) in [5, 5.41) is 20.4. The molecule has 7 heteroatoms. The summed E-state index contributed by atoms with van der Waals surface area (Å²) in [6.07, 6.45) is -0.545. The normalized spacial score (nSPS) is 11.4. The van der Waals surface area contributed by atoms with Crippen LogP contribution in [-0.2, 0) is 25.5 Å². The third-order valence-corrected chi connectivity index (χ3v) is 2.51. The second-order valence-corrected chi connectivity index (χ2v) is 4.09. The van der Waals surface area contributed by atoms with Crippen LogP contribution < -0.4 is 5.32 Å². The summed E-state index contributed by atoms with van der Waals surface area (Å²) in [7, 11) is 1.13. The average molecular weight is 281 g/mol. The fourth-order valence-electron chi connectivity index (χ4n) is 1.55. The molecule has 1 atom stereocenters. The summed E-state index contributed by atoms with van der Waals surface area (Å²) in [6, 6.07) is 4.71. The minimum absolute atomic E-state index is 0.0136. The Balaban J connectivity index is 2.62. The number of benzene rings is 1. The summed E-state index contributed by atoms with van der Waals surface area (Å²) in [6.45, 7) is 0. The highest BCUT2D eigenvalue weighted by atomic mass is 16.5. The van der Waals surface area contributed by atoms with Gasteiger partial charge in [-0.15, -0.1) is 0 Å². The van der Waals surface area contributed by atoms with Gasteiger partial charge in [0.1, 0.15) is 11.8 Å². The van der Waals surface area contributed by atoms with Crippen LogP contribution in [0.25, 0.3) is 0 Å². The smallest absolute Gasteiger partial charge is 0.326 e. The van der Waals surface area contributed by atoms with E-state index in [4.69, 9.17) is 5.11 Å². The van der Waals surface area contributed by atoms with Gasteiger partial charge in [-0.1, -0.05) is 12.1 Å². The van der Waals surface area contributed by atoms with E-state index in [1.165, 1.54) is 12.1 Å². The van der Waals surface area contributed by atoms with Gasteiger partial charge in [-0.3, -0.25) is 9.59 Å². The largest absolute Gasteiger partial charge is 0.508 e. The maximum absolute atomic E-state index is 11.7. The van der Waals surface area contributed by atoms with E-state index in [-0.39, 0.29) is 12.2 Å². The lowest BCUT2D eigenvalue weighted by molar-refractivity contribution is -0.148. The number of carboxylic acids is 1. The van der Waals surface area contributed by atoms with Crippen LogP contribution in [0.2, 0.25) is 0 Å². The van der Waals surface area contributed by atoms with Crippen molar-refractivity contribution in [2.24, 2.45) is 0 Å². The molecule has 0 aromatic heterocycles. The Kier molecular flexibility index (Phi) is 5.52. The van der Waals surface area contributed by atoms with Crippen molar-refractivity contribution in [3.63, 3.8) is 0 Å². The number of ether oxygens (including phenoxy) is 1. The van der Waals surface area contributed by atoms with Gasteiger partial charge in [0.25, 0.3) is 0 Å². The van der Waals surface area contributed by atoms with E-state index in [1.54, 1.807) is 12.1 Å². The number of carboxylic acid groups (broad SMARTS) is 1. The number of aromatic hydroxyl groups is 1. The molecule has 0 aliphatic rings. The van der Waals surface area contributed by atoms with E-state index in [0.29, 0.717) is 5.56 Å². The minimum Gasteiger partial charge on any atom is -0.508 e. The molecule has 1 amide bonds. The summed E-state index contributed by atoms with van der Waals surface area (Å²) < 4.78 is 4.36. The molecule has 7 nitrogen and oxygen atoms in total. The summed E-state index contributed by atoms with van der Waals surface area (Å²) in [4.78, 5) is 33.7. The predicted molar refractivity (Wildman–Crippen MR) is 68.0 cm³/mol. The van der Waals surface area contributed by atoms with Crippen LogP contribution in [-0.4, -0.2) is 41.2 Å². The molecule has 108 valence electrons. The number of esters is 1. The van der Waals surface area contributed by atoms with Gasteiger partial charge in [0.15, 0.2) is 0 Å². The first-order chi connectivity index (χ1) is 9.42. The topological polar surface area (TPSA) is 113 Å². The molecule has 0 radical (unpaired) electrons. The number of methoxy groups -OCH3 is 1. The van der Waals surface area contributed by atoms with Crippen molar-refractivity contribution in [3.05, 3.63) is 29.8 Å². The summed E-state index contributed by atoms with van der Waals surface area (Å²) >= 11 is 0. The summed E-state index contributed by atoms with van der Waals surface area (Å²) in [5.41, 5.74) is 0.532. The molecule has 20 heavy (non-hydrogen) atoms. The van der Waals surface area contributed by atoms with Crippen LogP contribution in [0.1, 0.15) is 12.0 Å². The number of amides is 1. The number of carbonyl (C=O) groups excluding carboxylic acids is 2. The van der Waals surface area contributed by atoms with Gasteiger partial charge in [-0.05, 0) is 17.7 Å². The van der Waals surface area contributed by atoms with Crippen LogP contribution in [0.3, 0.4) is 0 Å². The summed E-state index contributed by atoms with van der Waals surface area (Å²) in [5.74, 6) is -2.60. The minimum atomic E-state index is -1.34. The number of aliphatic carboxylic acids is 1. The van der Waals surface area contributed by atoms with E-state index in [0.717, 1.165) is 7.11 Å². The maximum atomic E-state index is 11.7. The molecule has 0 unspecified atom stereocenters. The van der Waals surface area contributed by atoms with Gasteiger partial charge in [-0.25, -0.2) is 4.79 Å². The van der Waals surface area contributed by atoms with Gasteiger partial charge < -0.3 is 20.3 Å². The lowest BCUT2D eigenvalue weighted by atomic mass is 10.1. The first-order valence-electron chi connectivity index (χ1n) is 5.79. The van der Waals surface area contributed by atoms with Gasteiger partial charge >= 0.3 is 11.9 Å².